The zero-order valence-electron chi connectivity index (χ0n) is 15.7. The number of benzene rings is 3. The van der Waals surface area contributed by atoms with Gasteiger partial charge in [-0.1, -0.05) is 60.7 Å². The fourth-order valence-electron chi connectivity index (χ4n) is 3.09. The van der Waals surface area contributed by atoms with Crippen molar-refractivity contribution < 1.29 is 13.6 Å². The molecule has 0 fully saturated rings. The second-order valence-corrected chi connectivity index (χ2v) is 6.56. The summed E-state index contributed by atoms with van der Waals surface area (Å²) in [5, 5.41) is 2.72. The van der Waals surface area contributed by atoms with E-state index in [0.29, 0.717) is 6.54 Å². The molecule has 0 aliphatic carbocycles. The highest BCUT2D eigenvalue weighted by atomic mass is 19.1. The van der Waals surface area contributed by atoms with Gasteiger partial charge >= 0.3 is 6.03 Å². The van der Waals surface area contributed by atoms with Gasteiger partial charge in [0.05, 0.1) is 0 Å². The maximum atomic E-state index is 13.7. The van der Waals surface area contributed by atoms with E-state index in [1.54, 1.807) is 11.9 Å². The molecule has 0 aliphatic rings. The normalized spacial score (nSPS) is 10.5. The number of nitrogens with one attached hydrogen (secondary N) is 1. The molecule has 0 radical (unpaired) electrons. The largest absolute Gasteiger partial charge is 0.338 e. The van der Waals surface area contributed by atoms with Gasteiger partial charge in [0.1, 0.15) is 11.6 Å². The third-order valence-corrected chi connectivity index (χ3v) is 4.57. The second-order valence-electron chi connectivity index (χ2n) is 6.56. The minimum absolute atomic E-state index is 0.0140. The summed E-state index contributed by atoms with van der Waals surface area (Å²) in [6.45, 7) is 0.576. The third-order valence-electron chi connectivity index (χ3n) is 4.57. The lowest BCUT2D eigenvalue weighted by Crippen LogP contribution is -2.38. The van der Waals surface area contributed by atoms with Crippen LogP contribution in [0.15, 0.2) is 72.8 Å². The van der Waals surface area contributed by atoms with Gasteiger partial charge in [0.2, 0.25) is 0 Å². The molecule has 3 nitrogen and oxygen atoms in total. The molecule has 3 aromatic carbocycles. The Balaban J connectivity index is 1.61. The van der Waals surface area contributed by atoms with Crippen LogP contribution in [0.4, 0.5) is 13.6 Å². The average molecular weight is 380 g/mol. The van der Waals surface area contributed by atoms with Gasteiger partial charge in [0.25, 0.3) is 0 Å². The highest BCUT2D eigenvalue weighted by Crippen LogP contribution is 2.24. The van der Waals surface area contributed by atoms with Crippen LogP contribution in [-0.4, -0.2) is 24.5 Å². The first kappa shape index (κ1) is 19.5. The van der Waals surface area contributed by atoms with Gasteiger partial charge < -0.3 is 10.2 Å². The standard InChI is InChI=1S/C23H22F2N2O/c1-27(23(28)26-15-14-20-21(24)12-7-13-22(20)25)16-18-10-5-6-11-19(18)17-8-3-2-4-9-17/h2-13H,14-16H2,1H3,(H,26,28). The van der Waals surface area contributed by atoms with Crippen molar-refractivity contribution in [2.45, 2.75) is 13.0 Å². The van der Waals surface area contributed by atoms with Gasteiger partial charge in [0, 0.05) is 25.7 Å². The summed E-state index contributed by atoms with van der Waals surface area (Å²) in [7, 11) is 1.70. The van der Waals surface area contributed by atoms with Crippen molar-refractivity contribution in [1.82, 2.24) is 10.2 Å². The maximum absolute atomic E-state index is 13.7. The first-order valence-corrected chi connectivity index (χ1v) is 9.11. The minimum Gasteiger partial charge on any atom is -0.338 e. The molecular weight excluding hydrogens is 358 g/mol. The van der Waals surface area contributed by atoms with Crippen molar-refractivity contribution >= 4 is 6.03 Å². The Morgan fingerprint density at radius 3 is 2.25 bits per heavy atom. The van der Waals surface area contributed by atoms with E-state index in [9.17, 15) is 13.6 Å². The molecule has 0 saturated carbocycles. The van der Waals surface area contributed by atoms with Crippen LogP contribution in [0, 0.1) is 11.6 Å². The number of hydrogen-bond donors (Lipinski definition) is 1. The van der Waals surface area contributed by atoms with Crippen molar-refractivity contribution in [3.8, 4) is 11.1 Å². The molecular formula is C23H22F2N2O. The summed E-state index contributed by atoms with van der Waals surface area (Å²) >= 11 is 0. The Morgan fingerprint density at radius 1 is 0.893 bits per heavy atom. The van der Waals surface area contributed by atoms with Crippen LogP contribution in [0.2, 0.25) is 0 Å². The van der Waals surface area contributed by atoms with E-state index in [2.05, 4.69) is 5.32 Å². The first-order valence-electron chi connectivity index (χ1n) is 9.11. The molecule has 3 aromatic rings. The molecule has 0 heterocycles. The first-order chi connectivity index (χ1) is 13.6. The monoisotopic (exact) mass is 380 g/mol. The van der Waals surface area contributed by atoms with E-state index in [4.69, 9.17) is 0 Å². The topological polar surface area (TPSA) is 32.3 Å². The molecule has 0 saturated heterocycles. The average Bonchev–Trinajstić information content (AvgIpc) is 2.71. The number of carbonyl (C=O) groups is 1. The van der Waals surface area contributed by atoms with Crippen molar-refractivity contribution in [3.63, 3.8) is 0 Å². The molecule has 28 heavy (non-hydrogen) atoms. The summed E-state index contributed by atoms with van der Waals surface area (Å²) in [6.07, 6.45) is 0.0959. The van der Waals surface area contributed by atoms with Crippen LogP contribution in [0.5, 0.6) is 0 Å². The maximum Gasteiger partial charge on any atom is 0.317 e. The quantitative estimate of drug-likeness (QED) is 0.640. The summed E-state index contributed by atoms with van der Waals surface area (Å²) in [5.41, 5.74) is 3.16. The lowest BCUT2D eigenvalue weighted by atomic mass is 9.99. The van der Waals surface area contributed by atoms with Crippen LogP contribution in [0.3, 0.4) is 0 Å². The lowest BCUT2D eigenvalue weighted by molar-refractivity contribution is 0.207. The van der Waals surface area contributed by atoms with E-state index in [-0.39, 0.29) is 24.6 Å². The van der Waals surface area contributed by atoms with E-state index in [1.807, 2.05) is 54.6 Å². The zero-order chi connectivity index (χ0) is 19.9. The van der Waals surface area contributed by atoms with Crippen LogP contribution in [-0.2, 0) is 13.0 Å². The molecule has 0 atom stereocenters. The molecule has 5 heteroatoms. The van der Waals surface area contributed by atoms with E-state index in [1.165, 1.54) is 18.2 Å². The second kappa shape index (κ2) is 9.13. The lowest BCUT2D eigenvalue weighted by Gasteiger charge is -2.20. The van der Waals surface area contributed by atoms with Crippen molar-refractivity contribution in [3.05, 3.63) is 95.6 Å². The smallest absolute Gasteiger partial charge is 0.317 e. The Hall–Kier alpha value is -3.21. The molecule has 0 aliphatic heterocycles. The van der Waals surface area contributed by atoms with Gasteiger partial charge in [-0.2, -0.15) is 0 Å². The van der Waals surface area contributed by atoms with E-state index >= 15 is 0 Å². The van der Waals surface area contributed by atoms with Crippen LogP contribution >= 0.6 is 0 Å². The number of hydrogen-bond acceptors (Lipinski definition) is 1. The predicted molar refractivity (Wildman–Crippen MR) is 107 cm³/mol. The SMILES string of the molecule is CN(Cc1ccccc1-c1ccccc1)C(=O)NCCc1c(F)cccc1F. The Morgan fingerprint density at radius 2 is 1.54 bits per heavy atom. The number of rotatable bonds is 6. The van der Waals surface area contributed by atoms with E-state index in [0.717, 1.165) is 16.7 Å². The van der Waals surface area contributed by atoms with Crippen LogP contribution < -0.4 is 5.32 Å². The minimum atomic E-state index is -0.598. The fraction of sp³-hybridized carbons (Fsp3) is 0.174. The number of carbonyl (C=O) groups excluding carboxylic acids is 1. The van der Waals surface area contributed by atoms with Crippen LogP contribution in [0.25, 0.3) is 11.1 Å². The highest BCUT2D eigenvalue weighted by Gasteiger charge is 2.13. The summed E-state index contributed by atoms with van der Waals surface area (Å²) in [5.74, 6) is -1.20. The van der Waals surface area contributed by atoms with Crippen LogP contribution in [0.1, 0.15) is 11.1 Å². The van der Waals surface area contributed by atoms with Crippen molar-refractivity contribution in [2.75, 3.05) is 13.6 Å². The Bertz CT molecular complexity index is 924. The van der Waals surface area contributed by atoms with E-state index < -0.39 is 11.6 Å². The predicted octanol–water partition coefficient (Wildman–Crippen LogP) is 5.02. The number of nitrogens with zero attached hydrogens (tertiary/aromatic N) is 1. The third kappa shape index (κ3) is 4.74. The van der Waals surface area contributed by atoms with Gasteiger partial charge in [0.15, 0.2) is 0 Å². The molecule has 0 bridgehead atoms. The van der Waals surface area contributed by atoms with Gasteiger partial charge in [-0.25, -0.2) is 13.6 Å². The summed E-state index contributed by atoms with van der Waals surface area (Å²) < 4.78 is 27.3. The number of halogens is 2. The molecule has 1 N–H and O–H groups in total. The van der Waals surface area contributed by atoms with Gasteiger partial charge in [-0.3, -0.25) is 0 Å². The van der Waals surface area contributed by atoms with Gasteiger partial charge in [-0.15, -0.1) is 0 Å². The molecule has 0 aromatic heterocycles. The fourth-order valence-corrected chi connectivity index (χ4v) is 3.09. The molecule has 0 unspecified atom stereocenters. The summed E-state index contributed by atoms with van der Waals surface area (Å²) in [6, 6.07) is 21.4. The number of amides is 2. The van der Waals surface area contributed by atoms with Crippen molar-refractivity contribution in [2.24, 2.45) is 0 Å². The molecule has 3 rings (SSSR count). The van der Waals surface area contributed by atoms with Gasteiger partial charge in [-0.05, 0) is 35.2 Å². The summed E-state index contributed by atoms with van der Waals surface area (Å²) in [4.78, 5) is 13.9. The zero-order valence-corrected chi connectivity index (χ0v) is 15.7. The van der Waals surface area contributed by atoms with Crippen molar-refractivity contribution in [1.29, 1.82) is 0 Å². The molecule has 2 amide bonds. The molecule has 0 spiro atoms. The number of urea groups is 1. The highest BCUT2D eigenvalue weighted by molar-refractivity contribution is 5.74. The Labute approximate surface area is 163 Å². The molecule has 144 valence electrons. The Kier molecular flexibility index (Phi) is 6.37.